The largest absolute Gasteiger partial charge is 0.489 e. The van der Waals surface area contributed by atoms with Gasteiger partial charge in [-0.15, -0.1) is 0 Å². The molecule has 3 heterocycles. The summed E-state index contributed by atoms with van der Waals surface area (Å²) < 4.78 is 27.5. The molecule has 0 saturated carbocycles. The maximum atomic E-state index is 14.1. The Morgan fingerprint density at radius 1 is 1.11 bits per heavy atom. The second-order valence-electron chi connectivity index (χ2n) is 7.25. The van der Waals surface area contributed by atoms with E-state index in [4.69, 9.17) is 9.47 Å². The monoisotopic (exact) mass is 380 g/mol. The second-order valence-corrected chi connectivity index (χ2v) is 7.25. The van der Waals surface area contributed by atoms with Gasteiger partial charge in [0, 0.05) is 36.7 Å². The molecule has 1 aromatic heterocycles. The van der Waals surface area contributed by atoms with Crippen LogP contribution >= 0.6 is 0 Å². The zero-order valence-electron chi connectivity index (χ0n) is 15.5. The van der Waals surface area contributed by atoms with E-state index in [0.717, 1.165) is 35.0 Å². The fourth-order valence-corrected chi connectivity index (χ4v) is 4.30. The van der Waals surface area contributed by atoms with Crippen molar-refractivity contribution in [2.24, 2.45) is 0 Å². The van der Waals surface area contributed by atoms with Gasteiger partial charge in [-0.1, -0.05) is 30.3 Å². The molecule has 2 aromatic carbocycles. The third kappa shape index (κ3) is 2.89. The van der Waals surface area contributed by atoms with Gasteiger partial charge in [0.05, 0.1) is 12.1 Å². The molecule has 5 nitrogen and oxygen atoms in total. The summed E-state index contributed by atoms with van der Waals surface area (Å²) in [6.45, 7) is 2.71. The summed E-state index contributed by atoms with van der Waals surface area (Å²) in [5.41, 5.74) is 4.26. The average Bonchev–Trinajstić information content (AvgIpc) is 2.88. The Labute approximate surface area is 162 Å². The average molecular weight is 380 g/mol. The van der Waals surface area contributed by atoms with E-state index in [2.05, 4.69) is 4.57 Å². The van der Waals surface area contributed by atoms with E-state index in [1.165, 1.54) is 11.8 Å². The number of hydrogen-bond acceptors (Lipinski definition) is 3. The van der Waals surface area contributed by atoms with Crippen molar-refractivity contribution in [1.82, 2.24) is 9.47 Å². The van der Waals surface area contributed by atoms with Crippen LogP contribution in [0.2, 0.25) is 0 Å². The molecule has 3 aromatic rings. The molecule has 0 fully saturated rings. The molecule has 2 aliphatic heterocycles. The molecule has 28 heavy (non-hydrogen) atoms. The summed E-state index contributed by atoms with van der Waals surface area (Å²) in [5, 5.41) is 0.907. The summed E-state index contributed by atoms with van der Waals surface area (Å²) in [7, 11) is 0. The molecule has 0 N–H and O–H groups in total. The lowest BCUT2D eigenvalue weighted by atomic mass is 10.1. The van der Waals surface area contributed by atoms with E-state index in [1.54, 1.807) is 11.0 Å². The Balaban J connectivity index is 1.37. The summed E-state index contributed by atoms with van der Waals surface area (Å²) in [5.74, 6) is 0.334. The van der Waals surface area contributed by atoms with Gasteiger partial charge in [0.25, 0.3) is 0 Å². The van der Waals surface area contributed by atoms with Gasteiger partial charge in [0.1, 0.15) is 24.8 Å². The van der Waals surface area contributed by atoms with Gasteiger partial charge in [-0.05, 0) is 23.6 Å². The third-order valence-electron chi connectivity index (χ3n) is 5.59. The number of carbonyl (C=O) groups is 1. The minimum absolute atomic E-state index is 0.268. The van der Waals surface area contributed by atoms with Crippen molar-refractivity contribution in [3.05, 3.63) is 65.1 Å². The van der Waals surface area contributed by atoms with Crippen molar-refractivity contribution in [2.45, 2.75) is 26.0 Å². The molecular weight excluding hydrogens is 359 g/mol. The lowest BCUT2D eigenvalue weighted by Gasteiger charge is -2.21. The molecule has 0 aliphatic carbocycles. The zero-order chi connectivity index (χ0) is 19.1. The Kier molecular flexibility index (Phi) is 4.19. The molecule has 0 spiro atoms. The molecule has 6 heteroatoms. The molecule has 0 bridgehead atoms. The van der Waals surface area contributed by atoms with Gasteiger partial charge in [0.15, 0.2) is 0 Å². The standard InChI is InChI=1S/C22H21FN2O3/c23-16-12-18-17-6-8-24(22(26)28-14-15-4-2-1-3-5-15)9-7-19(17)25-10-11-27-20(13-16)21(18)25/h1-5,12-13H,6-11,14H2. The normalized spacial score (nSPS) is 15.7. The highest BCUT2D eigenvalue weighted by atomic mass is 19.1. The first kappa shape index (κ1) is 17.1. The minimum Gasteiger partial charge on any atom is -0.489 e. The molecule has 5 rings (SSSR count). The molecule has 0 atom stereocenters. The lowest BCUT2D eigenvalue weighted by molar-refractivity contribution is 0.0976. The Bertz CT molecular complexity index is 1050. The fraction of sp³-hybridized carbons (Fsp3) is 0.318. The van der Waals surface area contributed by atoms with E-state index < -0.39 is 0 Å². The maximum Gasteiger partial charge on any atom is 0.410 e. The summed E-state index contributed by atoms with van der Waals surface area (Å²) in [4.78, 5) is 14.3. The SMILES string of the molecule is O=C(OCc1ccccc1)N1CCc2c(n3c4c(cc(F)cc24)OCC3)CC1. The highest BCUT2D eigenvalue weighted by molar-refractivity contribution is 5.91. The van der Waals surface area contributed by atoms with Crippen LogP contribution in [0.1, 0.15) is 16.8 Å². The number of ether oxygens (including phenoxy) is 2. The van der Waals surface area contributed by atoms with Crippen LogP contribution in [0.25, 0.3) is 10.9 Å². The molecule has 2 aliphatic rings. The number of rotatable bonds is 2. The highest BCUT2D eigenvalue weighted by Crippen LogP contribution is 2.37. The third-order valence-corrected chi connectivity index (χ3v) is 5.59. The van der Waals surface area contributed by atoms with Crippen molar-refractivity contribution >= 4 is 17.0 Å². The van der Waals surface area contributed by atoms with Crippen LogP contribution < -0.4 is 4.74 Å². The number of benzene rings is 2. The Morgan fingerprint density at radius 3 is 2.79 bits per heavy atom. The number of fused-ring (bicyclic) bond motifs is 3. The molecule has 144 valence electrons. The van der Waals surface area contributed by atoms with Crippen molar-refractivity contribution in [2.75, 3.05) is 19.7 Å². The van der Waals surface area contributed by atoms with Gasteiger partial charge in [-0.2, -0.15) is 0 Å². The quantitative estimate of drug-likeness (QED) is 0.677. The minimum atomic E-state index is -0.299. The first-order valence-electron chi connectivity index (χ1n) is 9.62. The molecular formula is C22H21FN2O3. The van der Waals surface area contributed by atoms with Gasteiger partial charge in [-0.25, -0.2) is 9.18 Å². The van der Waals surface area contributed by atoms with Crippen molar-refractivity contribution in [1.29, 1.82) is 0 Å². The number of nitrogens with zero attached hydrogens (tertiary/aromatic N) is 2. The predicted molar refractivity (Wildman–Crippen MR) is 103 cm³/mol. The summed E-state index contributed by atoms with van der Waals surface area (Å²) >= 11 is 0. The predicted octanol–water partition coefficient (Wildman–Crippen LogP) is 3.91. The zero-order valence-corrected chi connectivity index (χ0v) is 15.5. The van der Waals surface area contributed by atoms with Gasteiger partial charge in [0.2, 0.25) is 0 Å². The molecule has 0 radical (unpaired) electrons. The summed E-state index contributed by atoms with van der Waals surface area (Å²) in [6, 6.07) is 12.7. The second kappa shape index (κ2) is 6.86. The first-order chi connectivity index (χ1) is 13.7. The summed E-state index contributed by atoms with van der Waals surface area (Å²) in [6.07, 6.45) is 1.11. The fourth-order valence-electron chi connectivity index (χ4n) is 4.30. The van der Waals surface area contributed by atoms with E-state index in [-0.39, 0.29) is 18.5 Å². The maximum absolute atomic E-state index is 14.1. The smallest absolute Gasteiger partial charge is 0.410 e. The van der Waals surface area contributed by atoms with Crippen LogP contribution in [0.4, 0.5) is 9.18 Å². The Hall–Kier alpha value is -3.02. The van der Waals surface area contributed by atoms with Crippen LogP contribution in [-0.4, -0.2) is 35.3 Å². The number of halogens is 1. The van der Waals surface area contributed by atoms with Crippen LogP contribution in [0, 0.1) is 5.82 Å². The lowest BCUT2D eigenvalue weighted by Crippen LogP contribution is -2.34. The van der Waals surface area contributed by atoms with Gasteiger partial charge < -0.3 is 18.9 Å². The van der Waals surface area contributed by atoms with Crippen molar-refractivity contribution in [3.8, 4) is 5.75 Å². The number of hydrogen-bond donors (Lipinski definition) is 0. The Morgan fingerprint density at radius 2 is 1.93 bits per heavy atom. The van der Waals surface area contributed by atoms with E-state index in [1.807, 2.05) is 30.3 Å². The topological polar surface area (TPSA) is 43.7 Å². The van der Waals surface area contributed by atoms with E-state index >= 15 is 0 Å². The number of aromatic nitrogens is 1. The number of carbonyl (C=O) groups excluding carboxylic acids is 1. The van der Waals surface area contributed by atoms with E-state index in [9.17, 15) is 9.18 Å². The van der Waals surface area contributed by atoms with Crippen LogP contribution in [0.15, 0.2) is 42.5 Å². The molecule has 0 saturated heterocycles. The van der Waals surface area contributed by atoms with Gasteiger partial charge in [-0.3, -0.25) is 0 Å². The van der Waals surface area contributed by atoms with Gasteiger partial charge >= 0.3 is 6.09 Å². The molecule has 0 unspecified atom stereocenters. The molecule has 1 amide bonds. The first-order valence-corrected chi connectivity index (χ1v) is 9.62. The van der Waals surface area contributed by atoms with E-state index in [0.29, 0.717) is 31.9 Å². The van der Waals surface area contributed by atoms with Crippen molar-refractivity contribution < 1.29 is 18.7 Å². The van der Waals surface area contributed by atoms with Crippen LogP contribution in [0.5, 0.6) is 5.75 Å². The highest BCUT2D eigenvalue weighted by Gasteiger charge is 2.28. The van der Waals surface area contributed by atoms with Crippen LogP contribution in [0.3, 0.4) is 0 Å². The number of amides is 1. The van der Waals surface area contributed by atoms with Crippen LogP contribution in [-0.2, 0) is 30.7 Å². The van der Waals surface area contributed by atoms with Crippen molar-refractivity contribution in [3.63, 3.8) is 0 Å².